The molecule has 0 spiro atoms. The van der Waals surface area contributed by atoms with Crippen LogP contribution in [0.5, 0.6) is 0 Å². The molecule has 0 radical (unpaired) electrons. The number of nitrogen functional groups attached to an aromatic ring is 1. The number of aryl methyl sites for hydroxylation is 1. The number of rotatable bonds is 2. The summed E-state index contributed by atoms with van der Waals surface area (Å²) in [5.41, 5.74) is 7.29. The average molecular weight is 247 g/mol. The minimum absolute atomic E-state index is 0.326. The van der Waals surface area contributed by atoms with E-state index >= 15 is 0 Å². The van der Waals surface area contributed by atoms with Gasteiger partial charge in [-0.15, -0.1) is 11.3 Å². The molecule has 0 fully saturated rings. The predicted molar refractivity (Wildman–Crippen MR) is 65.2 cm³/mol. The number of halogens is 1. The van der Waals surface area contributed by atoms with Crippen LogP contribution in [0.1, 0.15) is 21.7 Å². The fourth-order valence-electron chi connectivity index (χ4n) is 1.55. The summed E-state index contributed by atoms with van der Waals surface area (Å²) in [6, 6.07) is 6.39. The molecule has 0 aliphatic heterocycles. The van der Waals surface area contributed by atoms with Gasteiger partial charge in [-0.05, 0) is 24.6 Å². The Morgan fingerprint density at radius 1 is 1.53 bits per heavy atom. The van der Waals surface area contributed by atoms with Crippen LogP contribution in [0.25, 0.3) is 0 Å². The second-order valence-electron chi connectivity index (χ2n) is 3.66. The zero-order valence-corrected chi connectivity index (χ0v) is 10.0. The van der Waals surface area contributed by atoms with Crippen molar-refractivity contribution in [2.24, 2.45) is 0 Å². The molecule has 0 bridgehead atoms. The normalized spacial score (nSPS) is 10.2. The number of aromatic nitrogens is 1. The lowest BCUT2D eigenvalue weighted by molar-refractivity contribution is 0.614. The van der Waals surface area contributed by atoms with Gasteiger partial charge in [-0.25, -0.2) is 9.37 Å². The number of hydrogen-bond donors (Lipinski definition) is 1. The molecular weight excluding hydrogens is 237 g/mol. The summed E-state index contributed by atoms with van der Waals surface area (Å²) in [4.78, 5) is 5.04. The Bertz CT molecular complexity index is 598. The number of nitrogens with zero attached hydrogens (tertiary/aromatic N) is 2. The van der Waals surface area contributed by atoms with Crippen molar-refractivity contribution in [3.8, 4) is 6.07 Å². The van der Waals surface area contributed by atoms with Crippen molar-refractivity contribution in [1.29, 1.82) is 5.26 Å². The van der Waals surface area contributed by atoms with Crippen molar-refractivity contribution in [3.63, 3.8) is 0 Å². The van der Waals surface area contributed by atoms with Crippen LogP contribution >= 0.6 is 11.3 Å². The van der Waals surface area contributed by atoms with Gasteiger partial charge in [-0.1, -0.05) is 6.07 Å². The lowest BCUT2D eigenvalue weighted by Crippen LogP contribution is -1.93. The van der Waals surface area contributed by atoms with Crippen molar-refractivity contribution in [2.45, 2.75) is 13.3 Å². The molecule has 1 aromatic heterocycles. The SMILES string of the molecule is Cc1nc(N)sc1Cc1ccc(C#N)cc1F. The topological polar surface area (TPSA) is 62.7 Å². The molecule has 2 aromatic rings. The number of anilines is 1. The fraction of sp³-hybridized carbons (Fsp3) is 0.167. The van der Waals surface area contributed by atoms with Gasteiger partial charge in [0.25, 0.3) is 0 Å². The highest BCUT2D eigenvalue weighted by molar-refractivity contribution is 7.15. The summed E-state index contributed by atoms with van der Waals surface area (Å²) in [5, 5.41) is 9.14. The molecule has 1 heterocycles. The van der Waals surface area contributed by atoms with Crippen molar-refractivity contribution < 1.29 is 4.39 Å². The van der Waals surface area contributed by atoms with Crippen LogP contribution in [-0.2, 0) is 6.42 Å². The van der Waals surface area contributed by atoms with Crippen LogP contribution in [0.15, 0.2) is 18.2 Å². The molecule has 2 N–H and O–H groups in total. The first kappa shape index (κ1) is 11.6. The standard InChI is InChI=1S/C12H10FN3S/c1-7-11(17-12(15)16-7)5-9-3-2-8(6-14)4-10(9)13/h2-4H,5H2,1H3,(H2,15,16). The molecule has 1 aromatic carbocycles. The first-order chi connectivity index (χ1) is 8.10. The van der Waals surface area contributed by atoms with Gasteiger partial charge in [0.15, 0.2) is 5.13 Å². The van der Waals surface area contributed by atoms with E-state index in [1.165, 1.54) is 17.4 Å². The molecule has 2 rings (SSSR count). The van der Waals surface area contributed by atoms with E-state index in [2.05, 4.69) is 4.98 Å². The number of hydrogen-bond acceptors (Lipinski definition) is 4. The minimum Gasteiger partial charge on any atom is -0.375 e. The Morgan fingerprint density at radius 2 is 2.29 bits per heavy atom. The molecule has 0 amide bonds. The van der Waals surface area contributed by atoms with Gasteiger partial charge in [0.05, 0.1) is 17.3 Å². The van der Waals surface area contributed by atoms with Crippen molar-refractivity contribution in [3.05, 3.63) is 45.7 Å². The molecule has 0 atom stereocenters. The van der Waals surface area contributed by atoms with E-state index in [1.807, 2.05) is 13.0 Å². The smallest absolute Gasteiger partial charge is 0.180 e. The second kappa shape index (κ2) is 4.52. The van der Waals surface area contributed by atoms with Gasteiger partial charge in [0.1, 0.15) is 5.82 Å². The predicted octanol–water partition coefficient (Wildman–Crippen LogP) is 2.64. The van der Waals surface area contributed by atoms with Crippen molar-refractivity contribution in [2.75, 3.05) is 5.73 Å². The summed E-state index contributed by atoms with van der Waals surface area (Å²) in [7, 11) is 0. The number of nitrogens with two attached hydrogens (primary N) is 1. The molecule has 0 saturated carbocycles. The van der Waals surface area contributed by atoms with E-state index in [0.29, 0.717) is 22.7 Å². The Balaban J connectivity index is 2.31. The van der Waals surface area contributed by atoms with Crippen LogP contribution in [0.4, 0.5) is 9.52 Å². The lowest BCUT2D eigenvalue weighted by Gasteiger charge is -2.02. The third kappa shape index (κ3) is 2.43. The van der Waals surface area contributed by atoms with Gasteiger partial charge in [0.2, 0.25) is 0 Å². The molecule has 3 nitrogen and oxygen atoms in total. The second-order valence-corrected chi connectivity index (χ2v) is 4.77. The summed E-state index contributed by atoms with van der Waals surface area (Å²) in [5.74, 6) is -0.365. The van der Waals surface area contributed by atoms with E-state index in [0.717, 1.165) is 10.6 Å². The van der Waals surface area contributed by atoms with Crippen LogP contribution in [0.3, 0.4) is 0 Å². The molecule has 0 aliphatic rings. The van der Waals surface area contributed by atoms with Gasteiger partial charge < -0.3 is 5.73 Å². The highest BCUT2D eigenvalue weighted by Crippen LogP contribution is 2.24. The zero-order chi connectivity index (χ0) is 12.4. The zero-order valence-electron chi connectivity index (χ0n) is 9.20. The number of nitriles is 1. The van der Waals surface area contributed by atoms with Crippen molar-refractivity contribution in [1.82, 2.24) is 4.98 Å². The third-order valence-electron chi connectivity index (χ3n) is 2.44. The van der Waals surface area contributed by atoms with E-state index in [-0.39, 0.29) is 5.82 Å². The maximum Gasteiger partial charge on any atom is 0.180 e. The van der Waals surface area contributed by atoms with Crippen LogP contribution in [0.2, 0.25) is 0 Å². The molecule has 5 heteroatoms. The van der Waals surface area contributed by atoms with Crippen LogP contribution in [-0.4, -0.2) is 4.98 Å². The molecule has 0 aliphatic carbocycles. The highest BCUT2D eigenvalue weighted by Gasteiger charge is 2.10. The Hall–Kier alpha value is -1.93. The summed E-state index contributed by atoms with van der Waals surface area (Å²) in [6.07, 6.45) is 0.457. The molecule has 86 valence electrons. The van der Waals surface area contributed by atoms with Gasteiger partial charge in [0, 0.05) is 11.3 Å². The number of thiazole rings is 1. The van der Waals surface area contributed by atoms with Gasteiger partial charge >= 0.3 is 0 Å². The molecular formula is C12H10FN3S. The van der Waals surface area contributed by atoms with E-state index in [4.69, 9.17) is 11.0 Å². The first-order valence-corrected chi connectivity index (χ1v) is 5.82. The molecule has 17 heavy (non-hydrogen) atoms. The Morgan fingerprint density at radius 3 is 2.82 bits per heavy atom. The Kier molecular flexibility index (Phi) is 3.07. The van der Waals surface area contributed by atoms with Crippen molar-refractivity contribution >= 4 is 16.5 Å². The van der Waals surface area contributed by atoms with E-state index in [9.17, 15) is 4.39 Å². The summed E-state index contributed by atoms with van der Waals surface area (Å²) < 4.78 is 13.7. The quantitative estimate of drug-likeness (QED) is 0.887. The fourth-order valence-corrected chi connectivity index (χ4v) is 2.40. The maximum atomic E-state index is 13.7. The monoisotopic (exact) mass is 247 g/mol. The molecule has 0 saturated heterocycles. The average Bonchev–Trinajstić information content (AvgIpc) is 2.60. The number of benzene rings is 1. The van der Waals surface area contributed by atoms with Gasteiger partial charge in [-0.3, -0.25) is 0 Å². The minimum atomic E-state index is -0.365. The van der Waals surface area contributed by atoms with E-state index < -0.39 is 0 Å². The Labute approximate surface area is 102 Å². The summed E-state index contributed by atoms with van der Waals surface area (Å²) >= 11 is 1.36. The highest BCUT2D eigenvalue weighted by atomic mass is 32.1. The van der Waals surface area contributed by atoms with Crippen LogP contribution < -0.4 is 5.73 Å². The largest absolute Gasteiger partial charge is 0.375 e. The third-order valence-corrected chi connectivity index (χ3v) is 3.43. The van der Waals surface area contributed by atoms with Gasteiger partial charge in [-0.2, -0.15) is 5.26 Å². The lowest BCUT2D eigenvalue weighted by atomic mass is 10.1. The molecule has 0 unspecified atom stereocenters. The maximum absolute atomic E-state index is 13.7. The summed E-state index contributed by atoms with van der Waals surface area (Å²) in [6.45, 7) is 1.85. The van der Waals surface area contributed by atoms with E-state index in [1.54, 1.807) is 12.1 Å². The first-order valence-electron chi connectivity index (χ1n) is 5.00. The van der Waals surface area contributed by atoms with Crippen LogP contribution in [0, 0.1) is 24.1 Å².